The van der Waals surface area contributed by atoms with Crippen LogP contribution in [0.5, 0.6) is 5.75 Å². The molecule has 9 heteroatoms. The van der Waals surface area contributed by atoms with Gasteiger partial charge in [0.15, 0.2) is 5.82 Å². The quantitative estimate of drug-likeness (QED) is 0.427. The van der Waals surface area contributed by atoms with Crippen LogP contribution in [0.2, 0.25) is 0 Å². The Hall–Kier alpha value is -3.82. The summed E-state index contributed by atoms with van der Waals surface area (Å²) in [7, 11) is 1.58. The van der Waals surface area contributed by atoms with Gasteiger partial charge in [0, 0.05) is 30.5 Å². The zero-order chi connectivity index (χ0) is 22.8. The van der Waals surface area contributed by atoms with Crippen LogP contribution >= 0.6 is 0 Å². The number of rotatable bonds is 5. The number of β-amino-alcohol motifs (C(OH)–C–C–N with tert-alkyl or cyclic N) is 1. The first-order valence-electron chi connectivity index (χ1n) is 10.7. The summed E-state index contributed by atoms with van der Waals surface area (Å²) in [4.78, 5) is 20.2. The van der Waals surface area contributed by atoms with Crippen LogP contribution in [0.25, 0.3) is 22.3 Å². The number of piperidine rings is 1. The molecule has 2 atom stereocenters. The number of hydrogen-bond donors (Lipinski definition) is 3. The summed E-state index contributed by atoms with van der Waals surface area (Å²) in [6, 6.07) is 13.5. The zero-order valence-corrected chi connectivity index (χ0v) is 18.1. The van der Waals surface area contributed by atoms with Crippen LogP contribution in [-0.4, -0.2) is 62.6 Å². The lowest BCUT2D eigenvalue weighted by molar-refractivity contribution is 0.00792. The second-order valence-corrected chi connectivity index (χ2v) is 7.90. The van der Waals surface area contributed by atoms with Gasteiger partial charge in [0.25, 0.3) is 0 Å². The highest BCUT2D eigenvalue weighted by atomic mass is 16.5. The Labute approximate surface area is 190 Å². The average molecular weight is 444 g/mol. The molecule has 0 spiro atoms. The Balaban J connectivity index is 1.59. The molecule has 0 unspecified atom stereocenters. The largest absolute Gasteiger partial charge is 0.494 e. The highest BCUT2D eigenvalue weighted by Crippen LogP contribution is 2.35. The summed E-state index contributed by atoms with van der Waals surface area (Å²) in [6.45, 7) is 0.807. The van der Waals surface area contributed by atoms with Crippen molar-refractivity contribution in [3.05, 3.63) is 61.1 Å². The number of pyridine rings is 2. The summed E-state index contributed by atoms with van der Waals surface area (Å²) < 4.78 is 5.54. The Bertz CT molecular complexity index is 1270. The standard InChI is InChI=1S/C24H24N6O3/c1-33-20-13-25-12-17-22(20)24(30-10-8-18(31)19(32)14-30)29-23(28-17)15-7-9-26-21(11-15)27-16-5-3-2-4-6-16/h2-7,9,11-13,18-19,31-32H,8,10,14H2,1H3,(H,26,27)/t18-,19+/m1/s1. The Morgan fingerprint density at radius 2 is 1.91 bits per heavy atom. The molecule has 0 aliphatic carbocycles. The predicted octanol–water partition coefficient (Wildman–Crippen LogP) is 2.77. The minimum absolute atomic E-state index is 0.259. The van der Waals surface area contributed by atoms with Crippen molar-refractivity contribution in [2.45, 2.75) is 18.6 Å². The van der Waals surface area contributed by atoms with Gasteiger partial charge < -0.3 is 25.2 Å². The van der Waals surface area contributed by atoms with E-state index in [4.69, 9.17) is 14.7 Å². The first-order chi connectivity index (χ1) is 16.1. The minimum atomic E-state index is -0.859. The predicted molar refractivity (Wildman–Crippen MR) is 126 cm³/mol. The fourth-order valence-electron chi connectivity index (χ4n) is 3.97. The van der Waals surface area contributed by atoms with Crippen molar-refractivity contribution in [1.29, 1.82) is 0 Å². The molecule has 1 saturated heterocycles. The van der Waals surface area contributed by atoms with Crippen LogP contribution < -0.4 is 15.0 Å². The van der Waals surface area contributed by atoms with E-state index in [1.165, 1.54) is 0 Å². The molecule has 0 radical (unpaired) electrons. The molecule has 4 heterocycles. The molecule has 9 nitrogen and oxygen atoms in total. The van der Waals surface area contributed by atoms with Gasteiger partial charge in [0.05, 0.1) is 42.6 Å². The maximum atomic E-state index is 10.3. The molecule has 0 bridgehead atoms. The fraction of sp³-hybridized carbons (Fsp3) is 0.250. The number of para-hydroxylation sites is 1. The number of hydrogen-bond acceptors (Lipinski definition) is 9. The van der Waals surface area contributed by atoms with Crippen molar-refractivity contribution in [3.63, 3.8) is 0 Å². The third-order valence-electron chi connectivity index (χ3n) is 5.68. The number of fused-ring (bicyclic) bond motifs is 1. The molecule has 1 fully saturated rings. The van der Waals surface area contributed by atoms with E-state index in [9.17, 15) is 10.2 Å². The minimum Gasteiger partial charge on any atom is -0.494 e. The van der Waals surface area contributed by atoms with Gasteiger partial charge in [-0.15, -0.1) is 0 Å². The molecule has 3 aromatic heterocycles. The normalized spacial score (nSPS) is 18.3. The van der Waals surface area contributed by atoms with E-state index < -0.39 is 12.2 Å². The number of anilines is 3. The molecular weight excluding hydrogens is 420 g/mol. The molecule has 4 aromatic rings. The molecule has 1 aliphatic rings. The maximum absolute atomic E-state index is 10.3. The number of nitrogens with zero attached hydrogens (tertiary/aromatic N) is 5. The lowest BCUT2D eigenvalue weighted by atomic mass is 10.0. The van der Waals surface area contributed by atoms with Crippen LogP contribution in [0.4, 0.5) is 17.3 Å². The van der Waals surface area contributed by atoms with Crippen LogP contribution in [0.1, 0.15) is 6.42 Å². The number of benzene rings is 1. The van der Waals surface area contributed by atoms with Crippen molar-refractivity contribution < 1.29 is 14.9 Å². The smallest absolute Gasteiger partial charge is 0.162 e. The van der Waals surface area contributed by atoms with Crippen LogP contribution in [0.3, 0.4) is 0 Å². The number of aromatic nitrogens is 4. The average Bonchev–Trinajstić information content (AvgIpc) is 2.85. The van der Waals surface area contributed by atoms with E-state index in [0.717, 1.165) is 16.6 Å². The first kappa shape index (κ1) is 21.0. The molecule has 0 saturated carbocycles. The Kier molecular flexibility index (Phi) is 5.72. The van der Waals surface area contributed by atoms with E-state index in [1.807, 2.05) is 47.4 Å². The molecule has 33 heavy (non-hydrogen) atoms. The summed E-state index contributed by atoms with van der Waals surface area (Å²) in [5, 5.41) is 24.3. The molecular formula is C24H24N6O3. The van der Waals surface area contributed by atoms with Crippen molar-refractivity contribution in [2.24, 2.45) is 0 Å². The molecule has 0 amide bonds. The number of aliphatic hydroxyl groups is 2. The van der Waals surface area contributed by atoms with E-state index in [1.54, 1.807) is 25.7 Å². The number of nitrogens with one attached hydrogen (secondary N) is 1. The van der Waals surface area contributed by atoms with E-state index in [-0.39, 0.29) is 6.54 Å². The third-order valence-corrected chi connectivity index (χ3v) is 5.68. The summed E-state index contributed by atoms with van der Waals surface area (Å²) in [5.41, 5.74) is 2.34. The highest BCUT2D eigenvalue weighted by molar-refractivity contribution is 5.95. The lowest BCUT2D eigenvalue weighted by Gasteiger charge is -2.35. The Morgan fingerprint density at radius 1 is 1.06 bits per heavy atom. The molecule has 1 aliphatic heterocycles. The van der Waals surface area contributed by atoms with Crippen molar-refractivity contribution >= 4 is 28.2 Å². The van der Waals surface area contributed by atoms with Gasteiger partial charge in [-0.1, -0.05) is 18.2 Å². The second kappa shape index (κ2) is 8.97. The summed E-state index contributed by atoms with van der Waals surface area (Å²) >= 11 is 0. The van der Waals surface area contributed by atoms with Gasteiger partial charge in [0.1, 0.15) is 17.4 Å². The lowest BCUT2D eigenvalue weighted by Crippen LogP contribution is -2.47. The van der Waals surface area contributed by atoms with Gasteiger partial charge in [-0.25, -0.2) is 15.0 Å². The van der Waals surface area contributed by atoms with Crippen LogP contribution in [0.15, 0.2) is 61.1 Å². The zero-order valence-electron chi connectivity index (χ0n) is 18.1. The summed E-state index contributed by atoms with van der Waals surface area (Å²) in [5.74, 6) is 2.36. The van der Waals surface area contributed by atoms with Crippen LogP contribution in [-0.2, 0) is 0 Å². The molecule has 168 valence electrons. The van der Waals surface area contributed by atoms with Gasteiger partial charge in [-0.05, 0) is 30.7 Å². The van der Waals surface area contributed by atoms with Gasteiger partial charge >= 0.3 is 0 Å². The molecule has 3 N–H and O–H groups in total. The van der Waals surface area contributed by atoms with Gasteiger partial charge in [0.2, 0.25) is 0 Å². The SMILES string of the molecule is COc1cncc2nc(-c3ccnc(Nc4ccccc4)c3)nc(N3CC[C@@H](O)[C@@H](O)C3)c12. The van der Waals surface area contributed by atoms with Crippen molar-refractivity contribution in [1.82, 2.24) is 19.9 Å². The number of methoxy groups -OCH3 is 1. The number of ether oxygens (including phenoxy) is 1. The van der Waals surface area contributed by atoms with Crippen molar-refractivity contribution in [3.8, 4) is 17.1 Å². The van der Waals surface area contributed by atoms with Gasteiger partial charge in [-0.3, -0.25) is 4.98 Å². The molecule has 1 aromatic carbocycles. The first-order valence-corrected chi connectivity index (χ1v) is 10.7. The van der Waals surface area contributed by atoms with Gasteiger partial charge in [-0.2, -0.15) is 0 Å². The van der Waals surface area contributed by atoms with E-state index in [0.29, 0.717) is 41.7 Å². The van der Waals surface area contributed by atoms with Crippen LogP contribution in [0, 0.1) is 0 Å². The maximum Gasteiger partial charge on any atom is 0.162 e. The third kappa shape index (κ3) is 4.28. The number of aliphatic hydroxyl groups excluding tert-OH is 2. The topological polar surface area (TPSA) is 117 Å². The van der Waals surface area contributed by atoms with E-state index >= 15 is 0 Å². The summed E-state index contributed by atoms with van der Waals surface area (Å²) in [6.07, 6.45) is 3.84. The van der Waals surface area contributed by atoms with E-state index in [2.05, 4.69) is 15.3 Å². The molecule has 5 rings (SSSR count). The van der Waals surface area contributed by atoms with Crippen molar-refractivity contribution in [2.75, 3.05) is 30.4 Å². The monoisotopic (exact) mass is 444 g/mol. The Morgan fingerprint density at radius 3 is 2.70 bits per heavy atom. The second-order valence-electron chi connectivity index (χ2n) is 7.90. The fourth-order valence-corrected chi connectivity index (χ4v) is 3.97. The highest BCUT2D eigenvalue weighted by Gasteiger charge is 2.29.